The van der Waals surface area contributed by atoms with Gasteiger partial charge in [0.15, 0.2) is 5.13 Å². The van der Waals surface area contributed by atoms with Crippen LogP contribution in [-0.2, 0) is 17.4 Å². The zero-order valence-corrected chi connectivity index (χ0v) is 14.3. The van der Waals surface area contributed by atoms with Crippen LogP contribution in [0.15, 0.2) is 42.7 Å². The Morgan fingerprint density at radius 3 is 2.62 bits per heavy atom. The van der Waals surface area contributed by atoms with Crippen molar-refractivity contribution in [2.24, 2.45) is 0 Å². The van der Waals surface area contributed by atoms with E-state index in [1.165, 1.54) is 0 Å². The smallest absolute Gasteiger partial charge is 0.427 e. The topological polar surface area (TPSA) is 69.0 Å². The second kappa shape index (κ2) is 7.16. The second-order valence-corrected chi connectivity index (χ2v) is 6.23. The Morgan fingerprint density at radius 1 is 1.27 bits per heavy atom. The molecule has 10 heteroatoms. The Morgan fingerprint density at radius 2 is 2.00 bits per heavy atom. The van der Waals surface area contributed by atoms with E-state index in [9.17, 15) is 18.0 Å². The maximum absolute atomic E-state index is 12.5. The van der Waals surface area contributed by atoms with E-state index in [0.717, 1.165) is 5.69 Å². The Bertz CT molecular complexity index is 903. The van der Waals surface area contributed by atoms with E-state index in [4.69, 9.17) is 4.74 Å². The highest BCUT2D eigenvalue weighted by atomic mass is 32.1. The average Bonchev–Trinajstić information content (AvgIpc) is 3.24. The fraction of sp³-hybridized carbons (Fsp3) is 0.188. The van der Waals surface area contributed by atoms with E-state index in [1.807, 2.05) is 12.1 Å². The minimum absolute atomic E-state index is 0.0793. The van der Waals surface area contributed by atoms with Crippen LogP contribution >= 0.6 is 11.3 Å². The number of carbonyl (C=O) groups excluding carboxylic acids is 1. The molecule has 0 radical (unpaired) electrons. The maximum Gasteiger partial charge on any atom is 0.427 e. The number of hydrogen-bond acceptors (Lipinski definition) is 5. The maximum atomic E-state index is 12.5. The summed E-state index contributed by atoms with van der Waals surface area (Å²) in [7, 11) is 1.57. The zero-order chi connectivity index (χ0) is 18.7. The van der Waals surface area contributed by atoms with Crippen LogP contribution in [0.5, 0.6) is 5.75 Å². The molecule has 0 bridgehead atoms. The minimum atomic E-state index is -4.47. The zero-order valence-electron chi connectivity index (χ0n) is 13.4. The van der Waals surface area contributed by atoms with Crippen molar-refractivity contribution < 1.29 is 22.7 Å². The van der Waals surface area contributed by atoms with Crippen molar-refractivity contribution in [2.45, 2.75) is 12.6 Å². The number of carbonyl (C=O) groups is 1. The number of rotatable bonds is 5. The van der Waals surface area contributed by atoms with Crippen LogP contribution in [0.25, 0.3) is 5.69 Å². The lowest BCUT2D eigenvalue weighted by Gasteiger charge is -2.03. The normalized spacial score (nSPS) is 11.4. The molecule has 0 saturated heterocycles. The minimum Gasteiger partial charge on any atom is -0.497 e. The summed E-state index contributed by atoms with van der Waals surface area (Å²) < 4.78 is 44.3. The monoisotopic (exact) mass is 382 g/mol. The van der Waals surface area contributed by atoms with Crippen LogP contribution < -0.4 is 10.1 Å². The quantitative estimate of drug-likeness (QED) is 0.733. The van der Waals surface area contributed by atoms with Gasteiger partial charge in [0, 0.05) is 6.20 Å². The second-order valence-electron chi connectivity index (χ2n) is 5.20. The third-order valence-corrected chi connectivity index (χ3v) is 4.31. The van der Waals surface area contributed by atoms with Gasteiger partial charge in [-0.15, -0.1) is 0 Å². The molecule has 0 aliphatic heterocycles. The van der Waals surface area contributed by atoms with Gasteiger partial charge in [-0.05, 0) is 30.3 Å². The van der Waals surface area contributed by atoms with Crippen LogP contribution in [0, 0.1) is 0 Å². The van der Waals surface area contributed by atoms with Crippen molar-refractivity contribution in [2.75, 3.05) is 12.4 Å². The van der Waals surface area contributed by atoms with Crippen LogP contribution in [0.2, 0.25) is 0 Å². The first-order chi connectivity index (χ1) is 12.3. The Kier molecular flexibility index (Phi) is 4.94. The molecular formula is C16H13F3N4O2S. The third-order valence-electron chi connectivity index (χ3n) is 3.35. The lowest BCUT2D eigenvalue weighted by molar-refractivity contribution is -0.134. The molecule has 3 aromatic rings. The molecule has 0 saturated carbocycles. The van der Waals surface area contributed by atoms with Gasteiger partial charge in [0.1, 0.15) is 10.6 Å². The van der Waals surface area contributed by atoms with Crippen LogP contribution in [0.4, 0.5) is 18.3 Å². The first-order valence-corrected chi connectivity index (χ1v) is 8.18. The van der Waals surface area contributed by atoms with Crippen molar-refractivity contribution in [3.8, 4) is 11.4 Å². The van der Waals surface area contributed by atoms with Crippen LogP contribution in [0.1, 0.15) is 10.6 Å². The predicted octanol–water partition coefficient (Wildman–Crippen LogP) is 3.54. The summed E-state index contributed by atoms with van der Waals surface area (Å²) in [6.45, 7) is 0. The first-order valence-electron chi connectivity index (χ1n) is 7.37. The van der Waals surface area contributed by atoms with Gasteiger partial charge in [0.2, 0.25) is 5.91 Å². The van der Waals surface area contributed by atoms with Gasteiger partial charge in [-0.2, -0.15) is 18.3 Å². The molecule has 0 unspecified atom stereocenters. The van der Waals surface area contributed by atoms with Gasteiger partial charge >= 0.3 is 6.18 Å². The fourth-order valence-corrected chi connectivity index (χ4v) is 2.83. The molecule has 1 aromatic carbocycles. The number of thiazole rings is 1. The van der Waals surface area contributed by atoms with Crippen LogP contribution in [-0.4, -0.2) is 27.8 Å². The highest BCUT2D eigenvalue weighted by Gasteiger charge is 2.33. The summed E-state index contributed by atoms with van der Waals surface area (Å²) in [5.41, 5.74) is 1.26. The molecule has 1 amide bonds. The molecule has 6 nitrogen and oxygen atoms in total. The summed E-state index contributed by atoms with van der Waals surface area (Å²) in [5.74, 6) is 0.218. The van der Waals surface area contributed by atoms with Crippen molar-refractivity contribution in [3.63, 3.8) is 0 Å². The summed E-state index contributed by atoms with van der Waals surface area (Å²) in [6.07, 6.45) is -2.17. The molecule has 0 atom stereocenters. The largest absolute Gasteiger partial charge is 0.497 e. The standard InChI is InChI=1S/C16H13F3N4O2S/c1-25-12-4-2-11(3-5-12)23-7-6-10(22-23)8-14(24)21-15-20-9-13(26-15)16(17,18)19/h2-7,9H,8H2,1H3,(H,20,21,24). The molecule has 0 aliphatic rings. The summed E-state index contributed by atoms with van der Waals surface area (Å²) in [5, 5.41) is 6.53. The molecule has 0 spiro atoms. The van der Waals surface area contributed by atoms with Crippen molar-refractivity contribution >= 4 is 22.4 Å². The molecule has 2 aromatic heterocycles. The van der Waals surface area contributed by atoms with E-state index < -0.39 is 17.0 Å². The molecule has 136 valence electrons. The molecule has 3 rings (SSSR count). The van der Waals surface area contributed by atoms with E-state index in [2.05, 4.69) is 15.4 Å². The van der Waals surface area contributed by atoms with Gasteiger partial charge < -0.3 is 10.1 Å². The number of alkyl halides is 3. The number of ether oxygens (including phenoxy) is 1. The Balaban J connectivity index is 1.63. The number of nitrogens with one attached hydrogen (secondary N) is 1. The lowest BCUT2D eigenvalue weighted by atomic mass is 10.3. The Hall–Kier alpha value is -2.88. The van der Waals surface area contributed by atoms with Gasteiger partial charge in [-0.3, -0.25) is 4.79 Å². The molecule has 0 aliphatic carbocycles. The van der Waals surface area contributed by atoms with Crippen LogP contribution in [0.3, 0.4) is 0 Å². The summed E-state index contributed by atoms with van der Waals surface area (Å²) in [6, 6.07) is 8.84. The van der Waals surface area contributed by atoms with E-state index >= 15 is 0 Å². The van der Waals surface area contributed by atoms with Crippen molar-refractivity contribution in [1.82, 2.24) is 14.8 Å². The van der Waals surface area contributed by atoms with E-state index in [1.54, 1.807) is 36.2 Å². The highest BCUT2D eigenvalue weighted by molar-refractivity contribution is 7.15. The number of aromatic nitrogens is 3. The number of nitrogens with zero attached hydrogens (tertiary/aromatic N) is 3. The Labute approximate surface area is 150 Å². The number of amides is 1. The van der Waals surface area contributed by atoms with Crippen molar-refractivity contribution in [1.29, 1.82) is 0 Å². The lowest BCUT2D eigenvalue weighted by Crippen LogP contribution is -2.14. The fourth-order valence-electron chi connectivity index (χ4n) is 2.13. The van der Waals surface area contributed by atoms with Crippen molar-refractivity contribution in [3.05, 3.63) is 53.3 Å². The molecule has 2 heterocycles. The van der Waals surface area contributed by atoms with Gasteiger partial charge in [-0.1, -0.05) is 11.3 Å². The number of benzene rings is 1. The number of methoxy groups -OCH3 is 1. The first kappa shape index (κ1) is 17.9. The van der Waals surface area contributed by atoms with E-state index in [-0.39, 0.29) is 11.6 Å². The third kappa shape index (κ3) is 4.20. The van der Waals surface area contributed by atoms with Gasteiger partial charge in [-0.25, -0.2) is 9.67 Å². The summed E-state index contributed by atoms with van der Waals surface area (Å²) in [4.78, 5) is 14.7. The highest BCUT2D eigenvalue weighted by Crippen LogP contribution is 2.34. The van der Waals surface area contributed by atoms with Gasteiger partial charge in [0.05, 0.1) is 31.1 Å². The molecular weight excluding hydrogens is 369 g/mol. The number of anilines is 1. The number of hydrogen-bond donors (Lipinski definition) is 1. The summed E-state index contributed by atoms with van der Waals surface area (Å²) >= 11 is 0.379. The molecule has 1 N–H and O–H groups in total. The van der Waals surface area contributed by atoms with E-state index in [0.29, 0.717) is 29.0 Å². The number of halogens is 3. The molecule has 26 heavy (non-hydrogen) atoms. The SMILES string of the molecule is COc1ccc(-n2ccc(CC(=O)Nc3ncc(C(F)(F)F)s3)n2)cc1. The average molecular weight is 382 g/mol. The predicted molar refractivity (Wildman–Crippen MR) is 89.6 cm³/mol. The van der Waals surface area contributed by atoms with Gasteiger partial charge in [0.25, 0.3) is 0 Å². The molecule has 0 fully saturated rings.